The summed E-state index contributed by atoms with van der Waals surface area (Å²) >= 11 is 5.74. The van der Waals surface area contributed by atoms with Gasteiger partial charge >= 0.3 is 148 Å². The van der Waals surface area contributed by atoms with E-state index in [1.165, 1.54) is 0 Å². The van der Waals surface area contributed by atoms with Crippen molar-refractivity contribution < 1.29 is 221 Å². The Kier molecular flexibility index (Phi) is 22.7. The van der Waals surface area contributed by atoms with E-state index >= 15 is 0 Å². The molecule has 0 saturated heterocycles. The Morgan fingerprint density at radius 1 is 0.613 bits per heavy atom. The van der Waals surface area contributed by atoms with E-state index in [1.807, 2.05) is 0 Å². The number of phenolic OH excluding ortho intramolecular Hbond substituents is 1. The van der Waals surface area contributed by atoms with Crippen LogP contribution in [0.25, 0.3) is 10.8 Å². The van der Waals surface area contributed by atoms with Crippen LogP contribution in [0.3, 0.4) is 0 Å². The molecule has 0 aliphatic carbocycles. The molecule has 0 aliphatic rings. The molecule has 37 heteroatoms. The first-order chi connectivity index (χ1) is 26.1. The fraction of sp³-hybridized carbons (Fsp3) is 0. The van der Waals surface area contributed by atoms with Gasteiger partial charge in [0, 0.05) is 5.69 Å². The van der Waals surface area contributed by atoms with Gasteiger partial charge in [-0.15, -0.1) is 20.5 Å². The molecule has 5 aromatic rings. The Balaban J connectivity index is -0.00000532. The van der Waals surface area contributed by atoms with Gasteiger partial charge < -0.3 is 38.4 Å². The molecule has 0 atom stereocenters. The van der Waals surface area contributed by atoms with Crippen LogP contribution in [0.2, 0.25) is 5.28 Å². The summed E-state index contributed by atoms with van der Waals surface area (Å²) < 4.78 is 176. The smallest absolute Gasteiger partial charge is 1.00 e. The Bertz CT molecular complexity index is 3200. The van der Waals surface area contributed by atoms with Crippen LogP contribution in [0.4, 0.5) is 46.0 Å². The van der Waals surface area contributed by atoms with Crippen molar-refractivity contribution in [1.82, 2.24) is 15.0 Å². The van der Waals surface area contributed by atoms with Crippen LogP contribution in [-0.4, -0.2) is 84.9 Å². The van der Waals surface area contributed by atoms with Gasteiger partial charge in [0.05, 0.1) is 25.8 Å². The van der Waals surface area contributed by atoms with Crippen molar-refractivity contribution in [3.8, 4) is 5.75 Å². The van der Waals surface area contributed by atoms with Crippen molar-refractivity contribution in [3.05, 3.63) is 53.8 Å². The summed E-state index contributed by atoms with van der Waals surface area (Å²) in [5, 5.41) is 25.7. The van der Waals surface area contributed by atoms with Gasteiger partial charge in [0.15, 0.2) is 5.75 Å². The van der Waals surface area contributed by atoms with Crippen molar-refractivity contribution in [1.29, 1.82) is 0 Å². The summed E-state index contributed by atoms with van der Waals surface area (Å²) in [6.45, 7) is 0. The van der Waals surface area contributed by atoms with E-state index in [0.717, 1.165) is 12.1 Å². The monoisotopic (exact) mass is 1020 g/mol. The minimum absolute atomic E-state index is 0. The van der Waals surface area contributed by atoms with Gasteiger partial charge in [-0.3, -0.25) is 9.11 Å². The average Bonchev–Trinajstić information content (AvgIpc) is 3.04. The number of nitrogens with one attached hydrogen (secondary N) is 1. The quantitative estimate of drug-likeness (QED) is 0.0310. The SMILES string of the molecule is Nc1nc(Cl)nc(Nc2ccc(S(=O)(=O)[O-])c(N=Nc3c(S(=O)(=O)O)cc4cc(S(=O)(=O)O)c(N=Nc5cc(S(=O)(=O)[O-])ccc5S(=O)(=O)[O-])c(N)c4c3O)c2)n1.[H-].[H-].[Na+].[Na+].[Na+].[Na+].[Na+]. The second kappa shape index (κ2) is 22.9. The molecule has 0 saturated carbocycles. The molecule has 4 aromatic carbocycles. The summed E-state index contributed by atoms with van der Waals surface area (Å²) in [4.78, 5) is 4.82. The molecule has 0 bridgehead atoms. The maximum atomic E-state index is 12.5. The molecule has 26 nitrogen and oxygen atoms in total. The molecular weight excluding hydrogens is 1010 g/mol. The number of nitrogens with two attached hydrogens (primary N) is 2. The molecule has 0 amide bonds. The number of nitrogens with zero attached hydrogens (tertiary/aromatic N) is 7. The molecule has 8 N–H and O–H groups in total. The molecule has 0 spiro atoms. The zero-order valence-corrected chi connectivity index (χ0v) is 46.8. The van der Waals surface area contributed by atoms with Crippen LogP contribution >= 0.6 is 11.6 Å². The number of fused-ring (bicyclic) bond motifs is 1. The van der Waals surface area contributed by atoms with Gasteiger partial charge in [0.2, 0.25) is 17.2 Å². The van der Waals surface area contributed by atoms with Crippen LogP contribution in [0.5, 0.6) is 5.75 Å². The van der Waals surface area contributed by atoms with Crippen molar-refractivity contribution >= 4 is 119 Å². The number of anilines is 4. The second-order valence-corrected chi connectivity index (χ2v) is 17.9. The number of aromatic nitrogens is 3. The number of hydrogen-bond acceptors (Lipinski definition) is 24. The van der Waals surface area contributed by atoms with Crippen LogP contribution in [-0.2, 0) is 50.6 Å². The fourth-order valence-electron chi connectivity index (χ4n) is 4.69. The van der Waals surface area contributed by atoms with Crippen molar-refractivity contribution in [2.45, 2.75) is 24.5 Å². The van der Waals surface area contributed by atoms with Crippen molar-refractivity contribution in [2.24, 2.45) is 20.5 Å². The minimum atomic E-state index is -5.51. The molecule has 1 heterocycles. The molecule has 62 heavy (non-hydrogen) atoms. The number of halogens is 1. The Morgan fingerprint density at radius 3 is 1.55 bits per heavy atom. The van der Waals surface area contributed by atoms with Crippen LogP contribution in [0, 0.1) is 0 Å². The maximum Gasteiger partial charge on any atom is 1.00 e. The average molecular weight is 1030 g/mol. The van der Waals surface area contributed by atoms with Crippen molar-refractivity contribution in [3.63, 3.8) is 0 Å². The third-order valence-electron chi connectivity index (χ3n) is 6.98. The molecular formula is C25H18ClN10Na5O16S5. The van der Waals surface area contributed by atoms with Crippen LogP contribution in [0.15, 0.2) is 93.5 Å². The predicted octanol–water partition coefficient (Wildman–Crippen LogP) is -12.4. The minimum Gasteiger partial charge on any atom is -1.00 e. The van der Waals surface area contributed by atoms with Gasteiger partial charge in [0.1, 0.15) is 62.9 Å². The normalized spacial score (nSPS) is 12.1. The van der Waals surface area contributed by atoms with Crippen LogP contribution in [0.1, 0.15) is 2.85 Å². The van der Waals surface area contributed by atoms with E-state index in [4.69, 9.17) is 23.1 Å². The number of rotatable bonds is 11. The topological polar surface area (TPSA) is 453 Å². The molecule has 1 aromatic heterocycles. The summed E-state index contributed by atoms with van der Waals surface area (Å²) in [5.74, 6) is -2.04. The number of azo groups is 2. The van der Waals surface area contributed by atoms with E-state index in [-0.39, 0.29) is 180 Å². The van der Waals surface area contributed by atoms with E-state index < -0.39 is 120 Å². The Hall–Kier alpha value is -0.610. The molecule has 0 radical (unpaired) electrons. The molecule has 306 valence electrons. The summed E-state index contributed by atoms with van der Waals surface area (Å²) in [7, 11) is -27.2. The van der Waals surface area contributed by atoms with Crippen LogP contribution < -0.4 is 165 Å². The molecule has 0 fully saturated rings. The van der Waals surface area contributed by atoms with Crippen molar-refractivity contribution in [2.75, 3.05) is 16.8 Å². The van der Waals surface area contributed by atoms with E-state index in [0.29, 0.717) is 30.3 Å². The third-order valence-corrected chi connectivity index (χ3v) is 11.5. The maximum absolute atomic E-state index is 12.5. The van der Waals surface area contributed by atoms with Gasteiger partial charge in [-0.2, -0.15) is 31.8 Å². The number of aromatic hydroxyl groups is 1. The molecule has 5 rings (SSSR count). The van der Waals surface area contributed by atoms with Gasteiger partial charge in [-0.05, 0) is 65.5 Å². The zero-order valence-electron chi connectivity index (χ0n) is 34.0. The largest absolute Gasteiger partial charge is 1.00 e. The Morgan fingerprint density at radius 2 is 1.08 bits per heavy atom. The first-order valence-electron chi connectivity index (χ1n) is 14.1. The summed E-state index contributed by atoms with van der Waals surface area (Å²) in [6, 6.07) is 4.48. The number of nitrogen functional groups attached to an aromatic ring is 2. The molecule has 0 aliphatic heterocycles. The zero-order chi connectivity index (χ0) is 42.6. The first kappa shape index (κ1) is 61.4. The molecule has 0 unspecified atom stereocenters. The number of phenols is 1. The van der Waals surface area contributed by atoms with E-state index in [2.05, 4.69) is 40.7 Å². The fourth-order valence-corrected chi connectivity index (χ4v) is 7.86. The van der Waals surface area contributed by atoms with Gasteiger partial charge in [-0.25, -0.2) is 25.3 Å². The Labute approximate surface area is 468 Å². The van der Waals surface area contributed by atoms with E-state index in [9.17, 15) is 70.0 Å². The van der Waals surface area contributed by atoms with E-state index in [1.54, 1.807) is 0 Å². The summed E-state index contributed by atoms with van der Waals surface area (Å²) in [6.07, 6.45) is 0. The summed E-state index contributed by atoms with van der Waals surface area (Å²) in [5.41, 5.74) is 5.96. The first-order valence-corrected chi connectivity index (χ1v) is 21.5. The second-order valence-electron chi connectivity index (χ2n) is 10.7. The standard InChI is InChI=1S/C25H19ClN10O16S5.5Na.2H/c26-23-30-24(28)32-25(31-23)29-10-1-3-14(54(41,42)43)12(7-10)33-36-21-17(57(50,51)52)6-9-5-16(56(47,48)49)20(19(27)18(9)22(21)37)35-34-13-8-11(53(38,39)40)2-4-15(13)55(44,45)46;;;;;;;/h1-8,37H,27H2,(H,38,39,40)(H,41,42,43)(H,44,45,46)(H,47,48,49)(H,50,51,52)(H3,28,29,30,31,32);;;;;;;/q;5*+1;2*-1/p-3. The number of benzene rings is 4. The number of hydrogen-bond donors (Lipinski definition) is 6. The third kappa shape index (κ3) is 14.7. The van der Waals surface area contributed by atoms with Gasteiger partial charge in [0.25, 0.3) is 20.2 Å². The van der Waals surface area contributed by atoms with Gasteiger partial charge in [-0.1, -0.05) is 0 Å². The predicted molar refractivity (Wildman–Crippen MR) is 190 cm³/mol.